The molecule has 1 heterocycles. The zero-order chi connectivity index (χ0) is 15.1. The van der Waals surface area contributed by atoms with E-state index >= 15 is 0 Å². The van der Waals surface area contributed by atoms with Gasteiger partial charge < -0.3 is 20.5 Å². The molecule has 0 saturated heterocycles. The zero-order valence-electron chi connectivity index (χ0n) is 12.3. The number of urea groups is 1. The van der Waals surface area contributed by atoms with E-state index in [0.29, 0.717) is 18.5 Å². The largest absolute Gasteiger partial charge is 0.474 e. The van der Waals surface area contributed by atoms with Crippen LogP contribution in [0.3, 0.4) is 0 Å². The smallest absolute Gasteiger partial charge is 0.315 e. The molecule has 1 saturated carbocycles. The maximum Gasteiger partial charge on any atom is 0.315 e. The molecule has 1 atom stereocenters. The van der Waals surface area contributed by atoms with E-state index in [0.717, 1.165) is 18.4 Å². The van der Waals surface area contributed by atoms with Crippen LogP contribution in [0.25, 0.3) is 0 Å². The van der Waals surface area contributed by atoms with Gasteiger partial charge in [-0.1, -0.05) is 6.07 Å². The lowest BCUT2D eigenvalue weighted by atomic mass is 10.3. The molecule has 0 unspecified atom stereocenters. The molecule has 3 N–H and O–H groups in total. The Hall–Kier alpha value is -1.82. The lowest BCUT2D eigenvalue weighted by Crippen LogP contribution is -2.38. The average Bonchev–Trinajstić information content (AvgIpc) is 2.97. The Labute approximate surface area is 124 Å². The first-order valence-corrected chi connectivity index (χ1v) is 7.45. The predicted molar refractivity (Wildman–Crippen MR) is 79.0 cm³/mol. The predicted octanol–water partition coefficient (Wildman–Crippen LogP) is 1.58. The molecule has 1 fully saturated rings. The maximum absolute atomic E-state index is 11.4. The fraction of sp³-hybridized carbons (Fsp3) is 0.600. The van der Waals surface area contributed by atoms with Crippen molar-refractivity contribution >= 4 is 6.03 Å². The topological polar surface area (TPSA) is 83.5 Å². The summed E-state index contributed by atoms with van der Waals surface area (Å²) in [5.74, 6) is 0.643. The minimum absolute atomic E-state index is 0.234. The Morgan fingerprint density at radius 1 is 1.43 bits per heavy atom. The third kappa shape index (κ3) is 5.59. The highest BCUT2D eigenvalue weighted by molar-refractivity contribution is 5.73. The van der Waals surface area contributed by atoms with Gasteiger partial charge in [-0.05, 0) is 38.2 Å². The van der Waals surface area contributed by atoms with Gasteiger partial charge in [0.05, 0.1) is 6.10 Å². The number of aromatic nitrogens is 1. The van der Waals surface area contributed by atoms with Crippen molar-refractivity contribution in [2.45, 2.75) is 51.4 Å². The monoisotopic (exact) mass is 293 g/mol. The molecule has 21 heavy (non-hydrogen) atoms. The second-order valence-electron chi connectivity index (χ2n) is 5.44. The fourth-order valence-corrected chi connectivity index (χ4v) is 2.25. The van der Waals surface area contributed by atoms with Gasteiger partial charge in [0.1, 0.15) is 6.10 Å². The number of hydrogen-bond donors (Lipinski definition) is 3. The van der Waals surface area contributed by atoms with Crippen molar-refractivity contribution < 1.29 is 14.6 Å². The highest BCUT2D eigenvalue weighted by Gasteiger charge is 2.16. The van der Waals surface area contributed by atoms with Crippen molar-refractivity contribution in [2.75, 3.05) is 6.54 Å². The molecule has 1 aliphatic rings. The summed E-state index contributed by atoms with van der Waals surface area (Å²) in [4.78, 5) is 15.7. The summed E-state index contributed by atoms with van der Waals surface area (Å²) < 4.78 is 5.78. The minimum atomic E-state index is -0.551. The van der Waals surface area contributed by atoms with Crippen LogP contribution in [0.2, 0.25) is 0 Å². The van der Waals surface area contributed by atoms with Gasteiger partial charge in [-0.3, -0.25) is 0 Å². The van der Waals surface area contributed by atoms with E-state index in [4.69, 9.17) is 9.84 Å². The van der Waals surface area contributed by atoms with Crippen LogP contribution in [0.1, 0.15) is 38.2 Å². The summed E-state index contributed by atoms with van der Waals surface area (Å²) >= 11 is 0. The minimum Gasteiger partial charge on any atom is -0.474 e. The SMILES string of the molecule is C[C@@H](O)CNC(=O)NCc1ccc(OC2CCCC2)nc1. The van der Waals surface area contributed by atoms with Gasteiger partial charge in [0, 0.05) is 25.4 Å². The standard InChI is InChI=1S/C15H23N3O3/c1-11(19)8-17-15(20)18-10-12-6-7-14(16-9-12)21-13-4-2-3-5-13/h6-7,9,11,13,19H,2-5,8,10H2,1H3,(H2,17,18,20)/t11-/m1/s1. The van der Waals surface area contributed by atoms with Crippen LogP contribution in [-0.4, -0.2) is 34.9 Å². The number of hydrogen-bond acceptors (Lipinski definition) is 4. The molecule has 0 radical (unpaired) electrons. The quantitative estimate of drug-likeness (QED) is 0.743. The van der Waals surface area contributed by atoms with Gasteiger partial charge in [0.15, 0.2) is 0 Å². The van der Waals surface area contributed by atoms with Crippen LogP contribution >= 0.6 is 0 Å². The number of ether oxygens (including phenoxy) is 1. The third-order valence-corrected chi connectivity index (χ3v) is 3.40. The summed E-state index contributed by atoms with van der Waals surface area (Å²) in [5.41, 5.74) is 0.904. The molecule has 1 aliphatic carbocycles. The number of aliphatic hydroxyl groups excluding tert-OH is 1. The molecule has 0 bridgehead atoms. The van der Waals surface area contributed by atoms with Crippen molar-refractivity contribution in [3.63, 3.8) is 0 Å². The molecule has 1 aromatic rings. The van der Waals surface area contributed by atoms with E-state index in [9.17, 15) is 4.79 Å². The summed E-state index contributed by atoms with van der Waals surface area (Å²) in [6.07, 6.45) is 6.13. The first-order valence-electron chi connectivity index (χ1n) is 7.45. The molecule has 0 aromatic carbocycles. The maximum atomic E-state index is 11.4. The number of nitrogens with zero attached hydrogens (tertiary/aromatic N) is 1. The molecule has 6 heteroatoms. The Morgan fingerprint density at radius 2 is 2.19 bits per heavy atom. The van der Waals surface area contributed by atoms with Crippen LogP contribution in [0.4, 0.5) is 4.79 Å². The summed E-state index contributed by atoms with van der Waals surface area (Å²) in [6, 6.07) is 3.43. The summed E-state index contributed by atoms with van der Waals surface area (Å²) in [5, 5.41) is 14.3. The summed E-state index contributed by atoms with van der Waals surface area (Å²) in [7, 11) is 0. The summed E-state index contributed by atoms with van der Waals surface area (Å²) in [6.45, 7) is 2.24. The van der Waals surface area contributed by atoms with E-state index < -0.39 is 6.10 Å². The molecule has 2 amide bonds. The van der Waals surface area contributed by atoms with E-state index in [2.05, 4.69) is 15.6 Å². The fourth-order valence-electron chi connectivity index (χ4n) is 2.25. The Balaban J connectivity index is 1.72. The number of nitrogens with one attached hydrogen (secondary N) is 2. The second-order valence-corrected chi connectivity index (χ2v) is 5.44. The van der Waals surface area contributed by atoms with E-state index in [-0.39, 0.29) is 12.6 Å². The van der Waals surface area contributed by atoms with Gasteiger partial charge in [0.25, 0.3) is 0 Å². The van der Waals surface area contributed by atoms with Crippen molar-refractivity contribution in [3.05, 3.63) is 23.9 Å². The normalized spacial score (nSPS) is 16.5. The highest BCUT2D eigenvalue weighted by Crippen LogP contribution is 2.22. The molecular weight excluding hydrogens is 270 g/mol. The van der Waals surface area contributed by atoms with Gasteiger partial charge >= 0.3 is 6.03 Å². The number of aliphatic hydroxyl groups is 1. The molecule has 0 spiro atoms. The first kappa shape index (κ1) is 15.6. The second kappa shape index (κ2) is 7.83. The van der Waals surface area contributed by atoms with Crippen LogP contribution in [0, 0.1) is 0 Å². The molecule has 1 aromatic heterocycles. The van der Waals surface area contributed by atoms with Crippen LogP contribution in [-0.2, 0) is 6.54 Å². The Morgan fingerprint density at radius 3 is 2.81 bits per heavy atom. The molecule has 2 rings (SSSR count). The number of carbonyl (C=O) groups excluding carboxylic acids is 1. The van der Waals surface area contributed by atoms with Crippen LogP contribution in [0.5, 0.6) is 5.88 Å². The average molecular weight is 293 g/mol. The Kier molecular flexibility index (Phi) is 5.80. The van der Waals surface area contributed by atoms with Crippen molar-refractivity contribution in [1.29, 1.82) is 0 Å². The number of pyridine rings is 1. The number of rotatable bonds is 6. The molecule has 0 aliphatic heterocycles. The zero-order valence-corrected chi connectivity index (χ0v) is 12.3. The lowest BCUT2D eigenvalue weighted by molar-refractivity contribution is 0.187. The van der Waals surface area contributed by atoms with E-state index in [1.807, 2.05) is 12.1 Å². The van der Waals surface area contributed by atoms with Crippen molar-refractivity contribution in [1.82, 2.24) is 15.6 Å². The molecule has 6 nitrogen and oxygen atoms in total. The first-order chi connectivity index (χ1) is 10.1. The number of carbonyl (C=O) groups is 1. The Bertz CT molecular complexity index is 442. The number of amides is 2. The lowest BCUT2D eigenvalue weighted by Gasteiger charge is -2.12. The van der Waals surface area contributed by atoms with Crippen molar-refractivity contribution in [3.8, 4) is 5.88 Å². The molecular formula is C15H23N3O3. The highest BCUT2D eigenvalue weighted by atomic mass is 16.5. The van der Waals surface area contributed by atoms with E-state index in [1.54, 1.807) is 13.1 Å². The van der Waals surface area contributed by atoms with E-state index in [1.165, 1.54) is 12.8 Å². The van der Waals surface area contributed by atoms with Gasteiger partial charge in [-0.15, -0.1) is 0 Å². The third-order valence-electron chi connectivity index (χ3n) is 3.40. The van der Waals surface area contributed by atoms with Gasteiger partial charge in [-0.2, -0.15) is 0 Å². The van der Waals surface area contributed by atoms with Gasteiger partial charge in [0.2, 0.25) is 5.88 Å². The van der Waals surface area contributed by atoms with Crippen LogP contribution in [0.15, 0.2) is 18.3 Å². The molecule has 116 valence electrons. The van der Waals surface area contributed by atoms with Gasteiger partial charge in [-0.25, -0.2) is 9.78 Å². The van der Waals surface area contributed by atoms with Crippen molar-refractivity contribution in [2.24, 2.45) is 0 Å². The van der Waals surface area contributed by atoms with Crippen LogP contribution < -0.4 is 15.4 Å².